The van der Waals surface area contributed by atoms with E-state index in [9.17, 15) is 0 Å². The van der Waals surface area contributed by atoms with Crippen LogP contribution in [0, 0.1) is 0 Å². The van der Waals surface area contributed by atoms with Crippen LogP contribution >= 0.6 is 8.25 Å². The summed E-state index contributed by atoms with van der Waals surface area (Å²) in [6, 6.07) is 0. The third kappa shape index (κ3) is 71.2. The van der Waals surface area contributed by atoms with Gasteiger partial charge in [0.2, 0.25) is 0 Å². The molecular weight excluding hydrogens is 139 g/mol. The van der Waals surface area contributed by atoms with Crippen molar-refractivity contribution in [3.8, 4) is 0 Å². The van der Waals surface area contributed by atoms with Gasteiger partial charge in [-0.05, 0) is 0 Å². The summed E-state index contributed by atoms with van der Waals surface area (Å²) in [4.78, 5) is 14.2. The van der Waals surface area contributed by atoms with Crippen molar-refractivity contribution in [1.29, 1.82) is 0 Å². The molecule has 0 aliphatic carbocycles. The number of hydrogen-bond donors (Lipinski definition) is 2. The molecule has 0 saturated carbocycles. The van der Waals surface area contributed by atoms with E-state index in [0.717, 1.165) is 0 Å². The van der Waals surface area contributed by atoms with E-state index in [4.69, 9.17) is 14.4 Å². The van der Waals surface area contributed by atoms with Gasteiger partial charge in [0.05, 0.1) is 0 Å². The van der Waals surface area contributed by atoms with E-state index in [0.29, 0.717) is 0 Å². The van der Waals surface area contributed by atoms with E-state index in [-0.39, 0.29) is 0 Å². The summed E-state index contributed by atoms with van der Waals surface area (Å²) < 4.78 is 8.70. The molecule has 4 heteroatoms. The normalized spacial score (nSPS) is 7.56. The van der Waals surface area contributed by atoms with Crippen LogP contribution in [0.3, 0.4) is 0 Å². The van der Waals surface area contributed by atoms with Crippen LogP contribution in [-0.4, -0.2) is 9.79 Å². The highest BCUT2D eigenvalue weighted by molar-refractivity contribution is 7.30. The maximum atomic E-state index is 8.70. The molecule has 0 aromatic rings. The van der Waals surface area contributed by atoms with Gasteiger partial charge < -0.3 is 0 Å². The zero-order valence-electron chi connectivity index (χ0n) is 5.87. The van der Waals surface area contributed by atoms with Gasteiger partial charge in [-0.15, -0.1) is 9.79 Å². The predicted molar refractivity (Wildman–Crippen MR) is 37.2 cm³/mol. The molecule has 0 radical (unpaired) electrons. The third-order valence-corrected chi connectivity index (χ3v) is 0.707. The first-order valence-electron chi connectivity index (χ1n) is 3.00. The van der Waals surface area contributed by atoms with Crippen molar-refractivity contribution in [1.82, 2.24) is 0 Å². The van der Waals surface area contributed by atoms with E-state index < -0.39 is 8.25 Å². The first kappa shape index (κ1) is 11.8. The molecule has 9 heavy (non-hydrogen) atoms. The molecule has 0 atom stereocenters. The second kappa shape index (κ2) is 10.9. The monoisotopic (exact) mass is 153 g/mol. The van der Waals surface area contributed by atoms with E-state index >= 15 is 0 Å². The lowest BCUT2D eigenvalue weighted by Gasteiger charge is -1.79. The zero-order chi connectivity index (χ0) is 7.70. The maximum Gasteiger partial charge on any atom is 0.692 e. The summed E-state index contributed by atoms with van der Waals surface area (Å²) in [6.45, 7) is 4.42. The van der Waals surface area contributed by atoms with Crippen LogP contribution in [-0.2, 0) is 4.57 Å². The number of hydrogen-bond acceptors (Lipinski definition) is 1. The van der Waals surface area contributed by atoms with E-state index in [2.05, 4.69) is 13.8 Å². The average molecular weight is 153 g/mol. The predicted octanol–water partition coefficient (Wildman–Crippen LogP) is 1.82. The Bertz CT molecular complexity index is 59.2. The Morgan fingerprint density at radius 3 is 1.44 bits per heavy atom. The van der Waals surface area contributed by atoms with Gasteiger partial charge in [-0.2, -0.15) is 0 Å². The molecule has 2 N–H and O–H groups in total. The molecule has 0 bridgehead atoms. The molecule has 0 aliphatic heterocycles. The lowest BCUT2D eigenvalue weighted by molar-refractivity contribution is 0.405. The van der Waals surface area contributed by atoms with Crippen molar-refractivity contribution in [2.75, 3.05) is 0 Å². The molecule has 3 nitrogen and oxygen atoms in total. The number of unbranched alkanes of at least 4 members (excludes halogenated alkanes) is 2. The van der Waals surface area contributed by atoms with Crippen LogP contribution in [0.5, 0.6) is 0 Å². The summed E-state index contributed by atoms with van der Waals surface area (Å²) in [5.41, 5.74) is 0. The highest BCUT2D eigenvalue weighted by Gasteiger charge is 1.93. The highest BCUT2D eigenvalue weighted by atomic mass is 31.1. The first-order valence-corrected chi connectivity index (χ1v) is 4.16. The van der Waals surface area contributed by atoms with Gasteiger partial charge >= 0.3 is 8.25 Å². The fraction of sp³-hybridized carbons (Fsp3) is 1.00. The Morgan fingerprint density at radius 2 is 1.44 bits per heavy atom. The van der Waals surface area contributed by atoms with Gasteiger partial charge in [0.1, 0.15) is 0 Å². The van der Waals surface area contributed by atoms with E-state index in [1.807, 2.05) is 0 Å². The van der Waals surface area contributed by atoms with Crippen molar-refractivity contribution in [2.45, 2.75) is 33.1 Å². The van der Waals surface area contributed by atoms with Crippen LogP contribution in [0.15, 0.2) is 0 Å². The molecule has 0 fully saturated rings. The molecule has 56 valence electrons. The Balaban J connectivity index is 0. The molecule has 0 aromatic carbocycles. The van der Waals surface area contributed by atoms with Crippen LogP contribution in [0.4, 0.5) is 0 Å². The SMILES string of the molecule is CCCCC.O=[P+](O)O. The molecule has 0 amide bonds. The minimum Gasteiger partial charge on any atom is -0.134 e. The first-order chi connectivity index (χ1) is 4.15. The molecule has 0 rings (SSSR count). The number of rotatable bonds is 2. The van der Waals surface area contributed by atoms with Crippen molar-refractivity contribution in [3.05, 3.63) is 0 Å². The fourth-order valence-electron chi connectivity index (χ4n) is 0.354. The van der Waals surface area contributed by atoms with Gasteiger partial charge in [0, 0.05) is 4.57 Å². The highest BCUT2D eigenvalue weighted by Crippen LogP contribution is 1.98. The van der Waals surface area contributed by atoms with Crippen LogP contribution in [0.2, 0.25) is 0 Å². The maximum absolute atomic E-state index is 8.70. The largest absolute Gasteiger partial charge is 0.692 e. The van der Waals surface area contributed by atoms with E-state index in [1.54, 1.807) is 0 Å². The molecule has 0 spiro atoms. The van der Waals surface area contributed by atoms with Crippen LogP contribution in [0.1, 0.15) is 33.1 Å². The van der Waals surface area contributed by atoms with Gasteiger partial charge in [-0.1, -0.05) is 33.1 Å². The minimum atomic E-state index is -2.87. The molecule has 0 saturated heterocycles. The third-order valence-electron chi connectivity index (χ3n) is 0.707. The Hall–Kier alpha value is 0.0200. The zero-order valence-corrected chi connectivity index (χ0v) is 6.77. The molecule has 0 unspecified atom stereocenters. The topological polar surface area (TPSA) is 57.5 Å². The van der Waals surface area contributed by atoms with Crippen molar-refractivity contribution >= 4 is 8.25 Å². The molecule has 0 heterocycles. The van der Waals surface area contributed by atoms with Gasteiger partial charge in [-0.25, -0.2) is 0 Å². The smallest absolute Gasteiger partial charge is 0.134 e. The van der Waals surface area contributed by atoms with Crippen molar-refractivity contribution in [3.63, 3.8) is 0 Å². The summed E-state index contributed by atoms with van der Waals surface area (Å²) in [6.07, 6.45) is 4.08. The van der Waals surface area contributed by atoms with Gasteiger partial charge in [0.15, 0.2) is 0 Å². The second-order valence-electron chi connectivity index (χ2n) is 1.61. The fourth-order valence-corrected chi connectivity index (χ4v) is 0.354. The van der Waals surface area contributed by atoms with Crippen molar-refractivity contribution in [2.24, 2.45) is 0 Å². The summed E-state index contributed by atoms with van der Waals surface area (Å²) in [7, 11) is -2.87. The van der Waals surface area contributed by atoms with Crippen LogP contribution in [0.25, 0.3) is 0 Å². The standard InChI is InChI=1S/C5H12.HO3P/c1-3-5-4-2;1-4(2)3/h3-5H2,1-2H3;(H-,1,2,3)/p+1. The molecule has 0 aromatic heterocycles. The summed E-state index contributed by atoms with van der Waals surface area (Å²) in [5, 5.41) is 0. The van der Waals surface area contributed by atoms with Crippen LogP contribution < -0.4 is 0 Å². The lowest BCUT2D eigenvalue weighted by atomic mass is 10.3. The second-order valence-corrected chi connectivity index (χ2v) is 2.11. The summed E-state index contributed by atoms with van der Waals surface area (Å²) in [5.74, 6) is 0. The average Bonchev–Trinajstić information content (AvgIpc) is 1.66. The summed E-state index contributed by atoms with van der Waals surface area (Å²) >= 11 is 0. The van der Waals surface area contributed by atoms with Crippen molar-refractivity contribution < 1.29 is 14.4 Å². The lowest BCUT2D eigenvalue weighted by Crippen LogP contribution is -1.59. The Morgan fingerprint density at radius 1 is 1.22 bits per heavy atom. The quantitative estimate of drug-likeness (QED) is 0.595. The molecular formula is C5H14O3P+. The van der Waals surface area contributed by atoms with Gasteiger partial charge in [0.25, 0.3) is 0 Å². The Labute approximate surface area is 56.7 Å². The minimum absolute atomic E-state index is 1.34. The van der Waals surface area contributed by atoms with Gasteiger partial charge in [-0.3, -0.25) is 0 Å². The molecule has 0 aliphatic rings. The van der Waals surface area contributed by atoms with E-state index in [1.165, 1.54) is 19.3 Å². The Kier molecular flexibility index (Phi) is 14.3.